The van der Waals surface area contributed by atoms with Crippen molar-refractivity contribution in [1.82, 2.24) is 9.61 Å². The Labute approximate surface area is 124 Å². The predicted octanol–water partition coefficient (Wildman–Crippen LogP) is 3.48. The fourth-order valence-corrected chi connectivity index (χ4v) is 2.39. The largest absolute Gasteiger partial charge is 0.322 e. The van der Waals surface area contributed by atoms with E-state index in [1.165, 1.54) is 0 Å². The van der Waals surface area contributed by atoms with Crippen LogP contribution in [0.1, 0.15) is 15.9 Å². The first-order chi connectivity index (χ1) is 9.78. The second kappa shape index (κ2) is 5.46. The predicted molar refractivity (Wildman–Crippen MR) is 82.2 cm³/mol. The molecule has 1 amide bonds. The van der Waals surface area contributed by atoms with Crippen LogP contribution in [0.25, 0.3) is 5.52 Å². The number of benzene rings is 1. The summed E-state index contributed by atoms with van der Waals surface area (Å²) in [5, 5.41) is 7.82. The lowest BCUT2D eigenvalue weighted by molar-refractivity contribution is 0.102. The number of rotatable bonds is 3. The fourth-order valence-electron chi connectivity index (χ4n) is 2.04. The summed E-state index contributed by atoms with van der Waals surface area (Å²) < 4.78 is 1.68. The molecule has 2 heterocycles. The van der Waals surface area contributed by atoms with E-state index in [0.29, 0.717) is 5.56 Å². The summed E-state index contributed by atoms with van der Waals surface area (Å²) in [7, 11) is 0. The molecule has 5 heteroatoms. The number of amides is 1. The molecular weight excluding hydrogens is 318 g/mol. The second-order valence-electron chi connectivity index (χ2n) is 4.38. The summed E-state index contributed by atoms with van der Waals surface area (Å²) in [4.78, 5) is 12.3. The molecule has 2 aromatic heterocycles. The molecule has 0 radical (unpaired) electrons. The van der Waals surface area contributed by atoms with Crippen molar-refractivity contribution in [1.29, 1.82) is 0 Å². The monoisotopic (exact) mass is 329 g/mol. The third-order valence-corrected chi connectivity index (χ3v) is 3.66. The lowest BCUT2D eigenvalue weighted by Gasteiger charge is -2.05. The minimum absolute atomic E-state index is 0.155. The highest BCUT2D eigenvalue weighted by molar-refractivity contribution is 9.08. The quantitative estimate of drug-likeness (QED) is 0.748. The van der Waals surface area contributed by atoms with E-state index in [1.54, 1.807) is 10.7 Å². The maximum atomic E-state index is 12.3. The van der Waals surface area contributed by atoms with Crippen molar-refractivity contribution in [3.8, 4) is 0 Å². The summed E-state index contributed by atoms with van der Waals surface area (Å²) in [6.07, 6.45) is 3.40. The lowest BCUT2D eigenvalue weighted by atomic mass is 10.2. The van der Waals surface area contributed by atoms with Crippen LogP contribution in [-0.4, -0.2) is 15.5 Å². The van der Waals surface area contributed by atoms with Crippen molar-refractivity contribution >= 4 is 33.0 Å². The van der Waals surface area contributed by atoms with Crippen LogP contribution in [0.2, 0.25) is 0 Å². The van der Waals surface area contributed by atoms with Crippen LogP contribution in [-0.2, 0) is 5.33 Å². The van der Waals surface area contributed by atoms with Gasteiger partial charge in [0.05, 0.1) is 17.3 Å². The SMILES string of the molecule is O=C(Nc1cccc(CBr)c1)c1cnn2ccccc12. The Morgan fingerprint density at radius 2 is 2.15 bits per heavy atom. The molecule has 0 unspecified atom stereocenters. The molecule has 100 valence electrons. The van der Waals surface area contributed by atoms with Gasteiger partial charge in [-0.05, 0) is 29.8 Å². The number of carbonyl (C=O) groups excluding carboxylic acids is 1. The van der Waals surface area contributed by atoms with Gasteiger partial charge in [-0.2, -0.15) is 5.10 Å². The molecule has 0 fully saturated rings. The van der Waals surface area contributed by atoms with Gasteiger partial charge in [0.2, 0.25) is 0 Å². The maximum absolute atomic E-state index is 12.3. The van der Waals surface area contributed by atoms with Gasteiger partial charge >= 0.3 is 0 Å². The van der Waals surface area contributed by atoms with Crippen molar-refractivity contribution in [2.24, 2.45) is 0 Å². The molecule has 0 bridgehead atoms. The Hall–Kier alpha value is -2.14. The van der Waals surface area contributed by atoms with Gasteiger partial charge in [0.1, 0.15) is 0 Å². The highest BCUT2D eigenvalue weighted by Crippen LogP contribution is 2.16. The summed E-state index contributed by atoms with van der Waals surface area (Å²) in [5.74, 6) is -0.155. The number of alkyl halides is 1. The molecular formula is C15H12BrN3O. The molecule has 1 aromatic carbocycles. The molecule has 0 aliphatic carbocycles. The van der Waals surface area contributed by atoms with Crippen LogP contribution >= 0.6 is 15.9 Å². The molecule has 0 spiro atoms. The molecule has 0 saturated heterocycles. The number of nitrogens with zero attached hydrogens (tertiary/aromatic N) is 2. The Bertz CT molecular complexity index is 766. The summed E-state index contributed by atoms with van der Waals surface area (Å²) in [5.41, 5.74) is 3.25. The zero-order valence-electron chi connectivity index (χ0n) is 10.6. The smallest absolute Gasteiger partial charge is 0.259 e. The van der Waals surface area contributed by atoms with Gasteiger partial charge < -0.3 is 5.32 Å². The maximum Gasteiger partial charge on any atom is 0.259 e. The van der Waals surface area contributed by atoms with Crippen molar-refractivity contribution in [3.05, 3.63) is 66.0 Å². The van der Waals surface area contributed by atoms with E-state index < -0.39 is 0 Å². The standard InChI is InChI=1S/C15H12BrN3O/c16-9-11-4-3-5-12(8-11)18-15(20)13-10-17-19-7-2-1-6-14(13)19/h1-8,10H,9H2,(H,18,20). The lowest BCUT2D eigenvalue weighted by Crippen LogP contribution is -2.11. The Kier molecular flexibility index (Phi) is 3.52. The van der Waals surface area contributed by atoms with Crippen molar-refractivity contribution < 1.29 is 4.79 Å². The Morgan fingerprint density at radius 1 is 1.25 bits per heavy atom. The van der Waals surface area contributed by atoms with E-state index in [4.69, 9.17) is 0 Å². The summed E-state index contributed by atoms with van der Waals surface area (Å²) >= 11 is 3.40. The number of pyridine rings is 1. The van der Waals surface area contributed by atoms with E-state index in [2.05, 4.69) is 26.3 Å². The number of hydrogen-bond acceptors (Lipinski definition) is 2. The number of fused-ring (bicyclic) bond motifs is 1. The average Bonchev–Trinajstić information content (AvgIpc) is 2.91. The van der Waals surface area contributed by atoms with E-state index in [9.17, 15) is 4.79 Å². The van der Waals surface area contributed by atoms with E-state index >= 15 is 0 Å². The zero-order valence-corrected chi connectivity index (χ0v) is 12.2. The third-order valence-electron chi connectivity index (χ3n) is 3.01. The van der Waals surface area contributed by atoms with Gasteiger partial charge in [0.15, 0.2) is 0 Å². The third kappa shape index (κ3) is 2.44. The number of aromatic nitrogens is 2. The van der Waals surface area contributed by atoms with E-state index in [1.807, 2.05) is 48.7 Å². The molecule has 0 atom stereocenters. The van der Waals surface area contributed by atoms with Crippen LogP contribution in [0, 0.1) is 0 Å². The highest BCUT2D eigenvalue weighted by Gasteiger charge is 2.12. The van der Waals surface area contributed by atoms with E-state index in [0.717, 1.165) is 22.1 Å². The van der Waals surface area contributed by atoms with Crippen LogP contribution in [0.4, 0.5) is 5.69 Å². The highest BCUT2D eigenvalue weighted by atomic mass is 79.9. The minimum atomic E-state index is -0.155. The number of nitrogens with one attached hydrogen (secondary N) is 1. The molecule has 4 nitrogen and oxygen atoms in total. The molecule has 0 aliphatic rings. The second-order valence-corrected chi connectivity index (χ2v) is 4.94. The molecule has 1 N–H and O–H groups in total. The van der Waals surface area contributed by atoms with Gasteiger partial charge in [-0.3, -0.25) is 4.79 Å². The average molecular weight is 330 g/mol. The topological polar surface area (TPSA) is 46.4 Å². The minimum Gasteiger partial charge on any atom is -0.322 e. The fraction of sp³-hybridized carbons (Fsp3) is 0.0667. The molecule has 0 saturated carbocycles. The zero-order chi connectivity index (χ0) is 13.9. The van der Waals surface area contributed by atoms with Crippen LogP contribution in [0.15, 0.2) is 54.9 Å². The molecule has 3 rings (SSSR count). The molecule has 0 aliphatic heterocycles. The Balaban J connectivity index is 1.89. The molecule has 20 heavy (non-hydrogen) atoms. The van der Waals surface area contributed by atoms with Crippen LogP contribution < -0.4 is 5.32 Å². The number of anilines is 1. The normalized spacial score (nSPS) is 10.7. The van der Waals surface area contributed by atoms with Gasteiger partial charge in [0, 0.05) is 17.2 Å². The summed E-state index contributed by atoms with van der Waals surface area (Å²) in [6.45, 7) is 0. The molecule has 3 aromatic rings. The first kappa shape index (κ1) is 12.9. The van der Waals surface area contributed by atoms with Crippen molar-refractivity contribution in [2.75, 3.05) is 5.32 Å². The Morgan fingerprint density at radius 3 is 3.00 bits per heavy atom. The van der Waals surface area contributed by atoms with Crippen molar-refractivity contribution in [2.45, 2.75) is 5.33 Å². The van der Waals surface area contributed by atoms with Gasteiger partial charge in [0.25, 0.3) is 5.91 Å². The number of halogens is 1. The van der Waals surface area contributed by atoms with Gasteiger partial charge in [-0.1, -0.05) is 34.1 Å². The van der Waals surface area contributed by atoms with Crippen LogP contribution in [0.5, 0.6) is 0 Å². The summed E-state index contributed by atoms with van der Waals surface area (Å²) in [6, 6.07) is 13.4. The van der Waals surface area contributed by atoms with Crippen LogP contribution in [0.3, 0.4) is 0 Å². The number of carbonyl (C=O) groups is 1. The first-order valence-corrected chi connectivity index (χ1v) is 7.29. The first-order valence-electron chi connectivity index (χ1n) is 6.16. The number of hydrogen-bond donors (Lipinski definition) is 1. The van der Waals surface area contributed by atoms with Crippen molar-refractivity contribution in [3.63, 3.8) is 0 Å². The van der Waals surface area contributed by atoms with Gasteiger partial charge in [-0.15, -0.1) is 0 Å². The van der Waals surface area contributed by atoms with E-state index in [-0.39, 0.29) is 5.91 Å². The van der Waals surface area contributed by atoms with Gasteiger partial charge in [-0.25, -0.2) is 4.52 Å².